The maximum atomic E-state index is 12.6. The second-order valence-corrected chi connectivity index (χ2v) is 8.49. The summed E-state index contributed by atoms with van der Waals surface area (Å²) in [6.07, 6.45) is 3.06. The van der Waals surface area contributed by atoms with E-state index in [1.54, 1.807) is 0 Å². The Morgan fingerprint density at radius 1 is 1.06 bits per heavy atom. The molecule has 0 saturated heterocycles. The van der Waals surface area contributed by atoms with Crippen molar-refractivity contribution in [1.29, 1.82) is 0 Å². The van der Waals surface area contributed by atoms with Gasteiger partial charge >= 0.3 is 0 Å². The maximum absolute atomic E-state index is 12.6. The summed E-state index contributed by atoms with van der Waals surface area (Å²) in [5, 5.41) is 10.1. The van der Waals surface area contributed by atoms with Crippen LogP contribution in [0.3, 0.4) is 0 Å². The average molecular weight is 445 g/mol. The van der Waals surface area contributed by atoms with Gasteiger partial charge in [-0.3, -0.25) is 14.4 Å². The first-order chi connectivity index (χ1) is 15.9. The van der Waals surface area contributed by atoms with Gasteiger partial charge in [0, 0.05) is 18.2 Å². The van der Waals surface area contributed by atoms with Gasteiger partial charge in [0.1, 0.15) is 5.69 Å². The largest absolute Gasteiger partial charge is 0.349 e. The fourth-order valence-corrected chi connectivity index (χ4v) is 4.12. The molecule has 1 aliphatic rings. The van der Waals surface area contributed by atoms with Crippen LogP contribution in [0.1, 0.15) is 58.0 Å². The Balaban J connectivity index is 1.39. The summed E-state index contributed by atoms with van der Waals surface area (Å²) in [6, 6.07) is 16.5. The molecule has 0 fully saturated rings. The number of nitrogens with zero attached hydrogens (tertiary/aromatic N) is 2. The fourth-order valence-electron chi connectivity index (χ4n) is 4.12. The van der Waals surface area contributed by atoms with Crippen LogP contribution in [0.2, 0.25) is 0 Å². The van der Waals surface area contributed by atoms with Crippen molar-refractivity contribution >= 4 is 17.5 Å². The van der Waals surface area contributed by atoms with E-state index in [2.05, 4.69) is 27.9 Å². The van der Waals surface area contributed by atoms with E-state index in [0.717, 1.165) is 36.0 Å². The van der Waals surface area contributed by atoms with Crippen LogP contribution >= 0.6 is 0 Å². The van der Waals surface area contributed by atoms with Gasteiger partial charge in [-0.15, -0.1) is 0 Å². The molecule has 2 N–H and O–H groups in total. The van der Waals surface area contributed by atoms with Gasteiger partial charge in [0.2, 0.25) is 5.91 Å². The minimum absolute atomic E-state index is 0.0118. The average Bonchev–Trinajstić information content (AvgIpc) is 2.81. The lowest BCUT2D eigenvalue weighted by Gasteiger charge is -2.26. The smallest absolute Gasteiger partial charge is 0.276 e. The highest BCUT2D eigenvalue weighted by molar-refractivity contribution is 6.02. The summed E-state index contributed by atoms with van der Waals surface area (Å²) in [5.74, 6) is -0.550. The van der Waals surface area contributed by atoms with Gasteiger partial charge < -0.3 is 10.6 Å². The number of benzene rings is 2. The number of hydrogen-bond donors (Lipinski definition) is 2. The molecule has 0 saturated carbocycles. The highest BCUT2D eigenvalue weighted by Gasteiger charge is 2.21. The van der Waals surface area contributed by atoms with E-state index in [0.29, 0.717) is 5.69 Å². The number of nitrogens with one attached hydrogen (secondary N) is 2. The normalized spacial score (nSPS) is 14.9. The molecule has 1 aliphatic carbocycles. The van der Waals surface area contributed by atoms with Gasteiger partial charge in [0.25, 0.3) is 11.5 Å². The zero-order valence-corrected chi connectivity index (χ0v) is 18.9. The van der Waals surface area contributed by atoms with E-state index >= 15 is 0 Å². The van der Waals surface area contributed by atoms with Crippen molar-refractivity contribution in [1.82, 2.24) is 15.1 Å². The molecule has 4 rings (SSSR count). The standard InChI is InChI=1S/C26H28N4O3/c1-17-10-11-20(16-18(17)2)27-26(33)23-12-13-25(32)30(29-23)15-14-24(31)28-22-9-5-7-19-6-3-4-8-21(19)22/h3-4,6,8,10-13,16,22H,5,7,9,14-15H2,1-2H3,(H,27,33)(H,28,31)/t22-/m0/s1. The van der Waals surface area contributed by atoms with Crippen LogP contribution < -0.4 is 16.2 Å². The second kappa shape index (κ2) is 9.81. The number of anilines is 1. The van der Waals surface area contributed by atoms with E-state index in [9.17, 15) is 14.4 Å². The monoisotopic (exact) mass is 444 g/mol. The van der Waals surface area contributed by atoms with Crippen molar-refractivity contribution in [3.8, 4) is 0 Å². The quantitative estimate of drug-likeness (QED) is 0.606. The van der Waals surface area contributed by atoms with Crippen LogP contribution in [0.15, 0.2) is 59.4 Å². The number of aromatic nitrogens is 2. The predicted octanol–water partition coefficient (Wildman–Crippen LogP) is 3.70. The molecule has 0 bridgehead atoms. The Hall–Kier alpha value is -3.74. The maximum Gasteiger partial charge on any atom is 0.276 e. The van der Waals surface area contributed by atoms with Crippen LogP contribution in [0.4, 0.5) is 5.69 Å². The summed E-state index contributed by atoms with van der Waals surface area (Å²) in [4.78, 5) is 37.5. The molecule has 0 radical (unpaired) electrons. The summed E-state index contributed by atoms with van der Waals surface area (Å²) < 4.78 is 1.17. The lowest BCUT2D eigenvalue weighted by Crippen LogP contribution is -2.33. The number of carbonyl (C=O) groups is 2. The van der Waals surface area contributed by atoms with Crippen molar-refractivity contribution in [2.24, 2.45) is 0 Å². The third kappa shape index (κ3) is 5.37. The minimum atomic E-state index is -0.407. The SMILES string of the molecule is Cc1ccc(NC(=O)c2ccc(=O)n(CCC(=O)N[C@H]3CCCc4ccccc43)n2)cc1C. The van der Waals surface area contributed by atoms with Gasteiger partial charge in [0.15, 0.2) is 0 Å². The van der Waals surface area contributed by atoms with Crippen LogP contribution in [0, 0.1) is 13.8 Å². The molecule has 1 atom stereocenters. The second-order valence-electron chi connectivity index (χ2n) is 8.49. The zero-order chi connectivity index (χ0) is 23.4. The number of fused-ring (bicyclic) bond motifs is 1. The number of rotatable bonds is 6. The van der Waals surface area contributed by atoms with E-state index in [1.165, 1.54) is 22.4 Å². The number of hydrogen-bond acceptors (Lipinski definition) is 4. The van der Waals surface area contributed by atoms with E-state index in [-0.39, 0.29) is 36.2 Å². The van der Waals surface area contributed by atoms with Crippen molar-refractivity contribution in [2.75, 3.05) is 5.32 Å². The molecule has 0 spiro atoms. The van der Waals surface area contributed by atoms with Gasteiger partial charge in [-0.25, -0.2) is 4.68 Å². The molecule has 0 aliphatic heterocycles. The summed E-state index contributed by atoms with van der Waals surface area (Å²) in [5.41, 5.74) is 5.07. The van der Waals surface area contributed by atoms with E-state index < -0.39 is 5.91 Å². The first-order valence-corrected chi connectivity index (χ1v) is 11.2. The highest BCUT2D eigenvalue weighted by Crippen LogP contribution is 2.29. The van der Waals surface area contributed by atoms with Gasteiger partial charge in [0.05, 0.1) is 12.6 Å². The molecule has 0 unspecified atom stereocenters. The van der Waals surface area contributed by atoms with Crippen molar-refractivity contribution in [2.45, 2.75) is 52.1 Å². The Kier molecular flexibility index (Phi) is 6.68. The Morgan fingerprint density at radius 3 is 2.70 bits per heavy atom. The Morgan fingerprint density at radius 2 is 1.88 bits per heavy atom. The lowest BCUT2D eigenvalue weighted by atomic mass is 9.88. The molecule has 2 amide bonds. The lowest BCUT2D eigenvalue weighted by molar-refractivity contribution is -0.122. The zero-order valence-electron chi connectivity index (χ0n) is 18.9. The highest BCUT2D eigenvalue weighted by atomic mass is 16.2. The van der Waals surface area contributed by atoms with Crippen molar-refractivity contribution < 1.29 is 9.59 Å². The molecule has 1 heterocycles. The van der Waals surface area contributed by atoms with Crippen LogP contribution in [0.5, 0.6) is 0 Å². The molecule has 33 heavy (non-hydrogen) atoms. The topological polar surface area (TPSA) is 93.1 Å². The van der Waals surface area contributed by atoms with Gasteiger partial charge in [-0.2, -0.15) is 5.10 Å². The first-order valence-electron chi connectivity index (χ1n) is 11.2. The van der Waals surface area contributed by atoms with Crippen LogP contribution in [-0.2, 0) is 17.8 Å². The molecule has 1 aromatic heterocycles. The van der Waals surface area contributed by atoms with Crippen molar-refractivity contribution in [3.05, 3.63) is 92.9 Å². The van der Waals surface area contributed by atoms with Gasteiger partial charge in [-0.1, -0.05) is 30.3 Å². The summed E-state index contributed by atoms with van der Waals surface area (Å²) in [6.45, 7) is 4.08. The molecule has 3 aromatic rings. The molecular formula is C26H28N4O3. The molecular weight excluding hydrogens is 416 g/mol. The van der Waals surface area contributed by atoms with Crippen LogP contribution in [-0.4, -0.2) is 21.6 Å². The van der Waals surface area contributed by atoms with E-state index in [4.69, 9.17) is 0 Å². The Bertz CT molecular complexity index is 1250. The third-order valence-electron chi connectivity index (χ3n) is 6.12. The number of aryl methyl sites for hydroxylation is 4. The molecule has 7 nitrogen and oxygen atoms in total. The number of amides is 2. The molecule has 2 aromatic carbocycles. The van der Waals surface area contributed by atoms with E-state index in [1.807, 2.05) is 44.2 Å². The molecule has 170 valence electrons. The van der Waals surface area contributed by atoms with Crippen molar-refractivity contribution in [3.63, 3.8) is 0 Å². The van der Waals surface area contributed by atoms with Crippen LogP contribution in [0.25, 0.3) is 0 Å². The first kappa shape index (κ1) is 22.5. The summed E-state index contributed by atoms with van der Waals surface area (Å²) >= 11 is 0. The third-order valence-corrected chi connectivity index (χ3v) is 6.12. The fraction of sp³-hybridized carbons (Fsp3) is 0.308. The minimum Gasteiger partial charge on any atom is -0.349 e. The molecule has 7 heteroatoms. The Labute approximate surface area is 192 Å². The summed E-state index contributed by atoms with van der Waals surface area (Å²) in [7, 11) is 0. The number of carbonyl (C=O) groups excluding carboxylic acids is 2. The predicted molar refractivity (Wildman–Crippen MR) is 127 cm³/mol. The van der Waals surface area contributed by atoms with Gasteiger partial charge in [-0.05, 0) is 73.6 Å².